The van der Waals surface area contributed by atoms with Gasteiger partial charge in [-0.3, -0.25) is 4.98 Å². The summed E-state index contributed by atoms with van der Waals surface area (Å²) in [7, 11) is 0. The molecule has 1 N–H and O–H groups in total. The summed E-state index contributed by atoms with van der Waals surface area (Å²) in [5, 5.41) is 0.587. The van der Waals surface area contributed by atoms with Crippen molar-refractivity contribution in [2.24, 2.45) is 0 Å². The number of halogens is 1. The Bertz CT molecular complexity index is 647. The summed E-state index contributed by atoms with van der Waals surface area (Å²) in [6, 6.07) is 5.58. The van der Waals surface area contributed by atoms with Crippen molar-refractivity contribution in [3.8, 4) is 11.5 Å². The molecule has 2 aromatic heterocycles. The molecule has 0 radical (unpaired) electrons. The van der Waals surface area contributed by atoms with E-state index in [1.54, 1.807) is 12.3 Å². The van der Waals surface area contributed by atoms with Crippen molar-refractivity contribution < 1.29 is 0 Å². The van der Waals surface area contributed by atoms with Crippen LogP contribution in [0.3, 0.4) is 0 Å². The molecule has 0 aliphatic heterocycles. The van der Waals surface area contributed by atoms with Crippen LogP contribution in [0.25, 0.3) is 11.5 Å². The van der Waals surface area contributed by atoms with Crippen LogP contribution >= 0.6 is 23.8 Å². The molecule has 1 aliphatic rings. The number of pyridine rings is 1. The minimum Gasteiger partial charge on any atom is -0.342 e. The second-order valence-electron chi connectivity index (χ2n) is 4.84. The second-order valence-corrected chi connectivity index (χ2v) is 5.66. The fraction of sp³-hybridized carbons (Fsp3) is 0.357. The fourth-order valence-corrected chi connectivity index (χ4v) is 3.03. The number of hydrogen-bond donors (Lipinski definition) is 1. The quantitative estimate of drug-likeness (QED) is 0.828. The molecule has 0 unspecified atom stereocenters. The first-order valence-corrected chi connectivity index (χ1v) is 7.25. The van der Waals surface area contributed by atoms with Crippen LogP contribution in [0, 0.1) is 4.64 Å². The SMILES string of the molecule is S=c1cc(C2CCCC2)[nH]c(-c2ncccc2Cl)n1. The lowest BCUT2D eigenvalue weighted by Gasteiger charge is -2.11. The Morgan fingerprint density at radius 1 is 1.32 bits per heavy atom. The van der Waals surface area contributed by atoms with Gasteiger partial charge in [0.15, 0.2) is 5.82 Å². The third-order valence-electron chi connectivity index (χ3n) is 3.54. The predicted octanol–water partition coefficient (Wildman–Crippen LogP) is 4.51. The van der Waals surface area contributed by atoms with Crippen LogP contribution in [-0.2, 0) is 0 Å². The van der Waals surface area contributed by atoms with E-state index in [4.69, 9.17) is 23.8 Å². The molecule has 3 rings (SSSR count). The molecule has 0 amide bonds. The van der Waals surface area contributed by atoms with E-state index in [2.05, 4.69) is 15.0 Å². The van der Waals surface area contributed by atoms with E-state index in [0.29, 0.717) is 27.1 Å². The number of nitrogens with one attached hydrogen (secondary N) is 1. The molecule has 3 nitrogen and oxygen atoms in total. The Morgan fingerprint density at radius 2 is 2.11 bits per heavy atom. The highest BCUT2D eigenvalue weighted by Gasteiger charge is 2.19. The summed E-state index contributed by atoms with van der Waals surface area (Å²) in [4.78, 5) is 12.0. The molecule has 0 aromatic carbocycles. The van der Waals surface area contributed by atoms with E-state index in [1.165, 1.54) is 25.7 Å². The van der Waals surface area contributed by atoms with Crippen molar-refractivity contribution >= 4 is 23.8 Å². The van der Waals surface area contributed by atoms with Crippen molar-refractivity contribution in [2.75, 3.05) is 0 Å². The summed E-state index contributed by atoms with van der Waals surface area (Å²) in [5.41, 5.74) is 1.82. The minimum atomic E-state index is 0.561. The van der Waals surface area contributed by atoms with Gasteiger partial charge in [0.2, 0.25) is 0 Å². The molecule has 2 heterocycles. The van der Waals surface area contributed by atoms with E-state index in [9.17, 15) is 0 Å². The largest absolute Gasteiger partial charge is 0.342 e. The van der Waals surface area contributed by atoms with Crippen molar-refractivity contribution in [2.45, 2.75) is 31.6 Å². The van der Waals surface area contributed by atoms with E-state index >= 15 is 0 Å². The van der Waals surface area contributed by atoms with Gasteiger partial charge in [-0.05, 0) is 37.0 Å². The van der Waals surface area contributed by atoms with Gasteiger partial charge in [0, 0.05) is 11.9 Å². The summed E-state index contributed by atoms with van der Waals surface area (Å²) < 4.78 is 0.595. The average molecular weight is 292 g/mol. The smallest absolute Gasteiger partial charge is 0.159 e. The van der Waals surface area contributed by atoms with Gasteiger partial charge in [-0.1, -0.05) is 36.7 Å². The molecule has 98 valence electrons. The molecule has 1 saturated carbocycles. The Kier molecular flexibility index (Phi) is 3.62. The number of H-pyrrole nitrogens is 1. The van der Waals surface area contributed by atoms with E-state index in [1.807, 2.05) is 12.1 Å². The van der Waals surface area contributed by atoms with Gasteiger partial charge in [0.25, 0.3) is 0 Å². The predicted molar refractivity (Wildman–Crippen MR) is 78.9 cm³/mol. The maximum atomic E-state index is 6.17. The maximum absolute atomic E-state index is 6.17. The van der Waals surface area contributed by atoms with Gasteiger partial charge in [0.1, 0.15) is 10.3 Å². The van der Waals surface area contributed by atoms with Crippen molar-refractivity contribution in [1.29, 1.82) is 0 Å². The zero-order chi connectivity index (χ0) is 13.2. The molecule has 0 bridgehead atoms. The number of aromatic nitrogens is 3. The number of aromatic amines is 1. The van der Waals surface area contributed by atoms with Gasteiger partial charge in [-0.15, -0.1) is 0 Å². The van der Waals surface area contributed by atoms with E-state index in [-0.39, 0.29) is 0 Å². The Morgan fingerprint density at radius 3 is 2.84 bits per heavy atom. The first-order chi connectivity index (χ1) is 9.24. The highest BCUT2D eigenvalue weighted by molar-refractivity contribution is 7.71. The maximum Gasteiger partial charge on any atom is 0.159 e. The molecule has 1 fully saturated rings. The Labute approximate surface area is 122 Å². The highest BCUT2D eigenvalue weighted by Crippen LogP contribution is 2.34. The lowest BCUT2D eigenvalue weighted by Crippen LogP contribution is -2.01. The topological polar surface area (TPSA) is 41.6 Å². The van der Waals surface area contributed by atoms with Crippen LogP contribution in [0.1, 0.15) is 37.3 Å². The molecule has 19 heavy (non-hydrogen) atoms. The van der Waals surface area contributed by atoms with Gasteiger partial charge >= 0.3 is 0 Å². The highest BCUT2D eigenvalue weighted by atomic mass is 35.5. The number of nitrogens with zero attached hydrogens (tertiary/aromatic N) is 2. The molecule has 0 spiro atoms. The minimum absolute atomic E-state index is 0.561. The summed E-state index contributed by atoms with van der Waals surface area (Å²) in [6.07, 6.45) is 6.71. The number of rotatable bonds is 2. The molecular weight excluding hydrogens is 278 g/mol. The Hall–Kier alpha value is -1.26. The average Bonchev–Trinajstić information content (AvgIpc) is 2.92. The first-order valence-electron chi connectivity index (χ1n) is 6.46. The Balaban J connectivity index is 2.07. The summed E-state index contributed by atoms with van der Waals surface area (Å²) in [6.45, 7) is 0. The molecule has 2 aromatic rings. The van der Waals surface area contributed by atoms with Crippen molar-refractivity contribution in [3.05, 3.63) is 39.8 Å². The van der Waals surface area contributed by atoms with Gasteiger partial charge < -0.3 is 4.98 Å². The fourth-order valence-electron chi connectivity index (χ4n) is 2.61. The second kappa shape index (κ2) is 5.39. The van der Waals surface area contributed by atoms with Crippen molar-refractivity contribution in [1.82, 2.24) is 15.0 Å². The molecular formula is C14H14ClN3S. The van der Waals surface area contributed by atoms with Gasteiger partial charge in [0.05, 0.1) is 5.02 Å². The van der Waals surface area contributed by atoms with Gasteiger partial charge in [-0.25, -0.2) is 4.98 Å². The molecule has 1 aliphatic carbocycles. The van der Waals surface area contributed by atoms with Crippen LogP contribution < -0.4 is 0 Å². The third-order valence-corrected chi connectivity index (χ3v) is 4.06. The number of hydrogen-bond acceptors (Lipinski definition) is 3. The monoisotopic (exact) mass is 291 g/mol. The third kappa shape index (κ3) is 2.69. The van der Waals surface area contributed by atoms with Crippen LogP contribution in [0.15, 0.2) is 24.4 Å². The molecule has 5 heteroatoms. The first kappa shape index (κ1) is 12.8. The summed E-state index contributed by atoms with van der Waals surface area (Å²) >= 11 is 11.4. The zero-order valence-corrected chi connectivity index (χ0v) is 12.0. The zero-order valence-electron chi connectivity index (χ0n) is 10.4. The van der Waals surface area contributed by atoms with Crippen LogP contribution in [0.4, 0.5) is 0 Å². The normalized spacial score (nSPS) is 15.8. The van der Waals surface area contributed by atoms with Crippen LogP contribution in [0.2, 0.25) is 5.02 Å². The lowest BCUT2D eigenvalue weighted by atomic mass is 10.0. The van der Waals surface area contributed by atoms with Crippen LogP contribution in [-0.4, -0.2) is 15.0 Å². The molecule has 0 atom stereocenters. The standard InChI is InChI=1S/C14H14ClN3S/c15-10-6-3-7-16-13(10)14-17-11(8-12(19)18-14)9-4-1-2-5-9/h3,6-9H,1-2,4-5H2,(H,17,18,19). The lowest BCUT2D eigenvalue weighted by molar-refractivity contribution is 0.694. The van der Waals surface area contributed by atoms with Gasteiger partial charge in [-0.2, -0.15) is 0 Å². The van der Waals surface area contributed by atoms with E-state index in [0.717, 1.165) is 5.69 Å². The van der Waals surface area contributed by atoms with E-state index < -0.39 is 0 Å². The van der Waals surface area contributed by atoms with Crippen molar-refractivity contribution in [3.63, 3.8) is 0 Å². The molecule has 0 saturated heterocycles. The van der Waals surface area contributed by atoms with Crippen LogP contribution in [0.5, 0.6) is 0 Å². The summed E-state index contributed by atoms with van der Waals surface area (Å²) in [5.74, 6) is 1.23.